The van der Waals surface area contributed by atoms with Crippen LogP contribution in [0.5, 0.6) is 5.75 Å². The lowest BCUT2D eigenvalue weighted by molar-refractivity contribution is -0.121. The fourth-order valence-electron chi connectivity index (χ4n) is 2.33. The van der Waals surface area contributed by atoms with Crippen molar-refractivity contribution in [2.24, 2.45) is 5.73 Å². The minimum atomic E-state index is -0.544. The Balaban J connectivity index is 1.94. The molecule has 0 fully saturated rings. The fourth-order valence-corrected chi connectivity index (χ4v) is 4.22. The lowest BCUT2D eigenvalue weighted by Gasteiger charge is -2.11. The number of benzene rings is 1. The van der Waals surface area contributed by atoms with Crippen molar-refractivity contribution in [2.75, 3.05) is 11.9 Å². The van der Waals surface area contributed by atoms with Crippen LogP contribution in [0.3, 0.4) is 0 Å². The van der Waals surface area contributed by atoms with E-state index in [1.807, 2.05) is 32.0 Å². The van der Waals surface area contributed by atoms with Crippen LogP contribution >= 0.6 is 39.5 Å². The van der Waals surface area contributed by atoms with Crippen LogP contribution in [-0.4, -0.2) is 23.5 Å². The molecule has 0 atom stereocenters. The fraction of sp³-hybridized carbons (Fsp3) is 0.278. The van der Waals surface area contributed by atoms with Crippen LogP contribution in [0.15, 0.2) is 22.7 Å². The molecule has 2 rings (SSSR count). The van der Waals surface area contributed by atoms with E-state index in [0.717, 1.165) is 26.9 Å². The highest BCUT2D eigenvalue weighted by molar-refractivity contribution is 9.10. The summed E-state index contributed by atoms with van der Waals surface area (Å²) in [5, 5.41) is 5.98. The van der Waals surface area contributed by atoms with E-state index in [1.165, 1.54) is 11.3 Å². The quantitative estimate of drug-likeness (QED) is 0.560. The number of hydrogen-bond donors (Lipinski definition) is 3. The zero-order chi connectivity index (χ0) is 20.1. The van der Waals surface area contributed by atoms with E-state index in [1.54, 1.807) is 0 Å². The van der Waals surface area contributed by atoms with Crippen LogP contribution in [0, 0.1) is 13.8 Å². The Morgan fingerprint density at radius 3 is 2.63 bits per heavy atom. The van der Waals surface area contributed by atoms with Crippen molar-refractivity contribution in [3.8, 4) is 5.75 Å². The van der Waals surface area contributed by atoms with Gasteiger partial charge < -0.3 is 15.8 Å². The van der Waals surface area contributed by atoms with Crippen LogP contribution in [0.4, 0.5) is 5.00 Å². The van der Waals surface area contributed by atoms with Crippen LogP contribution in [0.2, 0.25) is 0 Å². The standard InChI is InChI=1S/C18H20BrN3O3S2/c1-4-11-5-6-13(12(19)7-11)25-8-14(23)21-18(26)22-17-15(16(20)24)9(2)10(3)27-17/h5-7H,4,8H2,1-3H3,(H2,20,24)(H2,21,22,23,26). The number of carbonyl (C=O) groups is 2. The number of anilines is 1. The van der Waals surface area contributed by atoms with Crippen molar-refractivity contribution in [1.82, 2.24) is 5.32 Å². The maximum Gasteiger partial charge on any atom is 0.264 e. The predicted octanol–water partition coefficient (Wildman–Crippen LogP) is 3.68. The number of carbonyl (C=O) groups excluding carboxylic acids is 2. The summed E-state index contributed by atoms with van der Waals surface area (Å²) in [5.41, 5.74) is 7.77. The number of thiocarbonyl (C=S) groups is 1. The first-order chi connectivity index (χ1) is 12.7. The van der Waals surface area contributed by atoms with Gasteiger partial charge in [-0.15, -0.1) is 11.3 Å². The Hall–Kier alpha value is -1.97. The number of halogens is 1. The predicted molar refractivity (Wildman–Crippen MR) is 116 cm³/mol. The molecule has 0 aliphatic heterocycles. The number of rotatable bonds is 6. The molecule has 1 aromatic carbocycles. The first-order valence-electron chi connectivity index (χ1n) is 8.14. The highest BCUT2D eigenvalue weighted by Gasteiger charge is 2.18. The molecule has 1 aromatic heterocycles. The highest BCUT2D eigenvalue weighted by atomic mass is 79.9. The first kappa shape index (κ1) is 21.3. The largest absolute Gasteiger partial charge is 0.483 e. The number of primary amides is 1. The lowest BCUT2D eigenvalue weighted by Crippen LogP contribution is -2.37. The van der Waals surface area contributed by atoms with Gasteiger partial charge >= 0.3 is 0 Å². The number of ether oxygens (including phenoxy) is 1. The van der Waals surface area contributed by atoms with Gasteiger partial charge in [-0.1, -0.05) is 13.0 Å². The van der Waals surface area contributed by atoms with E-state index < -0.39 is 11.8 Å². The normalized spacial score (nSPS) is 10.4. The van der Waals surface area contributed by atoms with Crippen molar-refractivity contribution in [1.29, 1.82) is 0 Å². The van der Waals surface area contributed by atoms with Gasteiger partial charge in [-0.3, -0.25) is 14.9 Å². The molecule has 0 spiro atoms. The molecule has 6 nitrogen and oxygen atoms in total. The molecule has 27 heavy (non-hydrogen) atoms. The third kappa shape index (κ3) is 5.50. The van der Waals surface area contributed by atoms with Gasteiger partial charge in [0.05, 0.1) is 10.0 Å². The molecule has 0 saturated heterocycles. The summed E-state index contributed by atoms with van der Waals surface area (Å²) in [5.74, 6) is -0.386. The lowest BCUT2D eigenvalue weighted by atomic mass is 10.1. The topological polar surface area (TPSA) is 93.4 Å². The maximum absolute atomic E-state index is 12.1. The zero-order valence-electron chi connectivity index (χ0n) is 15.1. The zero-order valence-corrected chi connectivity index (χ0v) is 18.4. The van der Waals surface area contributed by atoms with Crippen LogP contribution in [0.1, 0.15) is 33.3 Å². The third-order valence-electron chi connectivity index (χ3n) is 3.88. The second-order valence-corrected chi connectivity index (χ2v) is 8.25. The van der Waals surface area contributed by atoms with Gasteiger partial charge in [-0.05, 0) is 71.7 Å². The van der Waals surface area contributed by atoms with E-state index in [0.29, 0.717) is 16.3 Å². The van der Waals surface area contributed by atoms with Gasteiger partial charge in [0.15, 0.2) is 11.7 Å². The Morgan fingerprint density at radius 1 is 1.33 bits per heavy atom. The third-order valence-corrected chi connectivity index (χ3v) is 5.82. The van der Waals surface area contributed by atoms with E-state index >= 15 is 0 Å². The van der Waals surface area contributed by atoms with Crippen molar-refractivity contribution in [3.63, 3.8) is 0 Å². The summed E-state index contributed by atoms with van der Waals surface area (Å²) in [4.78, 5) is 24.7. The van der Waals surface area contributed by atoms with E-state index in [-0.39, 0.29) is 11.7 Å². The molecule has 4 N–H and O–H groups in total. The number of nitrogens with two attached hydrogens (primary N) is 1. The van der Waals surface area contributed by atoms with Crippen LogP contribution in [-0.2, 0) is 11.2 Å². The Labute approximate surface area is 175 Å². The molecule has 0 saturated carbocycles. The molecule has 0 bridgehead atoms. The number of aryl methyl sites for hydroxylation is 2. The molecule has 1 heterocycles. The molecular weight excluding hydrogens is 450 g/mol. The number of nitrogens with one attached hydrogen (secondary N) is 2. The number of thiophene rings is 1. The van der Waals surface area contributed by atoms with Crippen molar-refractivity contribution < 1.29 is 14.3 Å². The van der Waals surface area contributed by atoms with Crippen LogP contribution in [0.25, 0.3) is 0 Å². The molecule has 2 amide bonds. The summed E-state index contributed by atoms with van der Waals surface area (Å²) in [6.07, 6.45) is 0.911. The number of amides is 2. The maximum atomic E-state index is 12.1. The van der Waals surface area contributed by atoms with Crippen LogP contribution < -0.4 is 21.1 Å². The molecule has 9 heteroatoms. The molecular formula is C18H20BrN3O3S2. The number of hydrogen-bond acceptors (Lipinski definition) is 5. The molecule has 2 aromatic rings. The van der Waals surface area contributed by atoms with E-state index in [9.17, 15) is 9.59 Å². The van der Waals surface area contributed by atoms with Gasteiger partial charge in [0, 0.05) is 4.88 Å². The minimum Gasteiger partial charge on any atom is -0.483 e. The summed E-state index contributed by atoms with van der Waals surface area (Å²) in [7, 11) is 0. The van der Waals surface area contributed by atoms with Gasteiger partial charge in [-0.25, -0.2) is 0 Å². The minimum absolute atomic E-state index is 0.0766. The summed E-state index contributed by atoms with van der Waals surface area (Å²) < 4.78 is 6.30. The summed E-state index contributed by atoms with van der Waals surface area (Å²) in [6.45, 7) is 5.56. The van der Waals surface area contributed by atoms with Gasteiger partial charge in [0.1, 0.15) is 10.8 Å². The Kier molecular flexibility index (Phi) is 7.34. The van der Waals surface area contributed by atoms with Gasteiger partial charge in [0.2, 0.25) is 0 Å². The monoisotopic (exact) mass is 469 g/mol. The van der Waals surface area contributed by atoms with Gasteiger partial charge in [-0.2, -0.15) is 0 Å². The molecule has 0 unspecified atom stereocenters. The molecule has 144 valence electrons. The van der Waals surface area contributed by atoms with Crippen molar-refractivity contribution in [2.45, 2.75) is 27.2 Å². The second-order valence-electron chi connectivity index (χ2n) is 5.76. The second kappa shape index (κ2) is 9.29. The Bertz CT molecular complexity index is 896. The van der Waals surface area contributed by atoms with Gasteiger partial charge in [0.25, 0.3) is 11.8 Å². The highest BCUT2D eigenvalue weighted by Crippen LogP contribution is 2.32. The average Bonchev–Trinajstić information content (AvgIpc) is 2.87. The smallest absolute Gasteiger partial charge is 0.264 e. The van der Waals surface area contributed by atoms with E-state index in [2.05, 4.69) is 33.5 Å². The first-order valence-corrected chi connectivity index (χ1v) is 10.2. The van der Waals surface area contributed by atoms with E-state index in [4.69, 9.17) is 22.7 Å². The molecule has 0 aliphatic rings. The SMILES string of the molecule is CCc1ccc(OCC(=O)NC(=S)Nc2sc(C)c(C)c2C(N)=O)c(Br)c1. The van der Waals surface area contributed by atoms with Crippen molar-refractivity contribution in [3.05, 3.63) is 44.2 Å². The average molecular weight is 470 g/mol. The molecule has 0 radical (unpaired) electrons. The van der Waals surface area contributed by atoms with Crippen molar-refractivity contribution >= 4 is 61.4 Å². The summed E-state index contributed by atoms with van der Waals surface area (Å²) in [6, 6.07) is 5.70. The Morgan fingerprint density at radius 2 is 2.04 bits per heavy atom. The summed E-state index contributed by atoms with van der Waals surface area (Å²) >= 11 is 9.93. The molecule has 0 aliphatic carbocycles.